The van der Waals surface area contributed by atoms with Gasteiger partial charge in [-0.15, -0.1) is 0 Å². The van der Waals surface area contributed by atoms with E-state index >= 15 is 0 Å². The van der Waals surface area contributed by atoms with Crippen LogP contribution in [0.2, 0.25) is 0 Å². The highest BCUT2D eigenvalue weighted by Crippen LogP contribution is 2.36. The van der Waals surface area contributed by atoms with E-state index in [4.69, 9.17) is 0 Å². The van der Waals surface area contributed by atoms with E-state index in [1.54, 1.807) is 30.3 Å². The van der Waals surface area contributed by atoms with Crippen LogP contribution in [-0.2, 0) is 4.79 Å². The van der Waals surface area contributed by atoms with Gasteiger partial charge in [0, 0.05) is 24.7 Å². The highest BCUT2D eigenvalue weighted by Gasteiger charge is 2.37. The van der Waals surface area contributed by atoms with Gasteiger partial charge in [0.15, 0.2) is 0 Å². The number of carboxylic acids is 1. The number of hydrogen-bond acceptors (Lipinski definition) is 4. The van der Waals surface area contributed by atoms with Gasteiger partial charge in [-0.3, -0.25) is 9.59 Å². The lowest BCUT2D eigenvalue weighted by Gasteiger charge is -2.39. The van der Waals surface area contributed by atoms with Crippen LogP contribution >= 0.6 is 0 Å². The second kappa shape index (κ2) is 11.4. The summed E-state index contributed by atoms with van der Waals surface area (Å²) >= 11 is 0. The fraction of sp³-hybridized carbons (Fsp3) is 0.571. The first-order valence-electron chi connectivity index (χ1n) is 9.86. The summed E-state index contributed by atoms with van der Waals surface area (Å²) in [5.41, 5.74) is -0.0864. The van der Waals surface area contributed by atoms with Crippen molar-refractivity contribution in [1.29, 1.82) is 0 Å². The summed E-state index contributed by atoms with van der Waals surface area (Å²) in [6.45, 7) is 6.28. The molecule has 7 nitrogen and oxygen atoms in total. The molecule has 3 N–H and O–H groups in total. The van der Waals surface area contributed by atoms with Gasteiger partial charge >= 0.3 is 12.1 Å². The lowest BCUT2D eigenvalue weighted by atomic mass is 9.71. The molecule has 0 spiro atoms. The van der Waals surface area contributed by atoms with E-state index in [-0.39, 0.29) is 25.6 Å². The topological polar surface area (TPSA) is 107 Å². The third-order valence-electron chi connectivity index (χ3n) is 5.45. The number of rotatable bonds is 12. The summed E-state index contributed by atoms with van der Waals surface area (Å²) in [7, 11) is 0. The number of benzene rings is 1. The predicted octanol–water partition coefficient (Wildman–Crippen LogP) is 3.85. The Bertz CT molecular complexity index is 643. The molecule has 1 aromatic carbocycles. The average Bonchev–Trinajstić information content (AvgIpc) is 2.68. The SMILES string of the molecule is CCCC(NCCN(C(=O)O)C(=O)c1ccccc1)C(CC)(CC)CC(=O)O. The van der Waals surface area contributed by atoms with Crippen molar-refractivity contribution in [2.45, 2.75) is 58.9 Å². The molecule has 0 aliphatic heterocycles. The number of carbonyl (C=O) groups is 3. The number of aliphatic carboxylic acids is 1. The third-order valence-corrected chi connectivity index (χ3v) is 5.45. The number of nitrogens with one attached hydrogen (secondary N) is 1. The van der Waals surface area contributed by atoms with E-state index in [0.717, 1.165) is 17.7 Å². The van der Waals surface area contributed by atoms with Gasteiger partial charge in [0.1, 0.15) is 0 Å². The van der Waals surface area contributed by atoms with Crippen LogP contribution in [0.5, 0.6) is 0 Å². The molecule has 0 radical (unpaired) electrons. The van der Waals surface area contributed by atoms with E-state index < -0.39 is 23.4 Å². The summed E-state index contributed by atoms with van der Waals surface area (Å²) in [5, 5.41) is 22.1. The maximum Gasteiger partial charge on any atom is 0.414 e. The number of hydrogen-bond donors (Lipinski definition) is 3. The van der Waals surface area contributed by atoms with Crippen LogP contribution < -0.4 is 5.32 Å². The largest absolute Gasteiger partial charge is 0.481 e. The Labute approximate surface area is 166 Å². The van der Waals surface area contributed by atoms with E-state index in [2.05, 4.69) is 5.32 Å². The molecule has 0 bridgehead atoms. The number of amides is 2. The van der Waals surface area contributed by atoms with E-state index in [1.807, 2.05) is 20.8 Å². The maximum absolute atomic E-state index is 12.5. The molecular weight excluding hydrogens is 360 g/mol. The van der Waals surface area contributed by atoms with Gasteiger partial charge < -0.3 is 15.5 Å². The minimum atomic E-state index is -1.30. The van der Waals surface area contributed by atoms with Gasteiger partial charge in [0.2, 0.25) is 0 Å². The zero-order valence-electron chi connectivity index (χ0n) is 17.0. The van der Waals surface area contributed by atoms with Gasteiger partial charge in [-0.1, -0.05) is 45.4 Å². The molecule has 0 aliphatic rings. The summed E-state index contributed by atoms with van der Waals surface area (Å²) in [4.78, 5) is 36.2. The zero-order valence-corrected chi connectivity index (χ0v) is 17.0. The third kappa shape index (κ3) is 6.34. The fourth-order valence-electron chi connectivity index (χ4n) is 3.70. The number of nitrogens with zero attached hydrogens (tertiary/aromatic N) is 1. The molecule has 0 saturated heterocycles. The van der Waals surface area contributed by atoms with Crippen LogP contribution in [0, 0.1) is 5.41 Å². The molecule has 1 unspecified atom stereocenters. The summed E-state index contributed by atoms with van der Waals surface area (Å²) < 4.78 is 0. The van der Waals surface area contributed by atoms with Crippen molar-refractivity contribution in [3.05, 3.63) is 35.9 Å². The molecular formula is C21H32N2O5. The van der Waals surface area contributed by atoms with Crippen LogP contribution in [0.3, 0.4) is 0 Å². The summed E-state index contributed by atoms with van der Waals surface area (Å²) in [6, 6.07) is 8.23. The normalized spacial score (nSPS) is 12.4. The van der Waals surface area contributed by atoms with E-state index in [9.17, 15) is 24.6 Å². The van der Waals surface area contributed by atoms with Crippen molar-refractivity contribution in [2.24, 2.45) is 5.41 Å². The summed E-state index contributed by atoms with van der Waals surface area (Å²) in [5.74, 6) is -1.40. The van der Waals surface area contributed by atoms with Crippen LogP contribution in [-0.4, -0.2) is 52.2 Å². The van der Waals surface area contributed by atoms with Crippen LogP contribution in [0.4, 0.5) is 4.79 Å². The van der Waals surface area contributed by atoms with Crippen molar-refractivity contribution >= 4 is 18.0 Å². The predicted molar refractivity (Wildman–Crippen MR) is 107 cm³/mol. The van der Waals surface area contributed by atoms with Gasteiger partial charge in [-0.25, -0.2) is 9.69 Å². The monoisotopic (exact) mass is 392 g/mol. The van der Waals surface area contributed by atoms with Crippen molar-refractivity contribution in [3.63, 3.8) is 0 Å². The second-order valence-electron chi connectivity index (χ2n) is 7.04. The number of imide groups is 1. The Hall–Kier alpha value is -2.41. The highest BCUT2D eigenvalue weighted by molar-refractivity contribution is 6.02. The molecule has 1 atom stereocenters. The Morgan fingerprint density at radius 3 is 2.14 bits per heavy atom. The Morgan fingerprint density at radius 2 is 1.68 bits per heavy atom. The van der Waals surface area contributed by atoms with Gasteiger partial charge in [0.25, 0.3) is 5.91 Å². The molecule has 0 saturated carbocycles. The minimum absolute atomic E-state index is 0.000144. The van der Waals surface area contributed by atoms with Crippen molar-refractivity contribution in [2.75, 3.05) is 13.1 Å². The number of carboxylic acid groups (broad SMARTS) is 2. The molecule has 1 aromatic rings. The molecule has 0 aliphatic carbocycles. The van der Waals surface area contributed by atoms with E-state index in [0.29, 0.717) is 18.4 Å². The molecule has 156 valence electrons. The first kappa shape index (κ1) is 23.6. The van der Waals surface area contributed by atoms with E-state index in [1.165, 1.54) is 0 Å². The summed E-state index contributed by atoms with van der Waals surface area (Å²) in [6.07, 6.45) is 1.84. The Balaban J connectivity index is 2.87. The Morgan fingerprint density at radius 1 is 1.07 bits per heavy atom. The first-order valence-corrected chi connectivity index (χ1v) is 9.86. The standard InChI is InChI=1S/C21H32N2O5/c1-4-10-17(21(5-2,6-3)15-18(24)25)22-13-14-23(20(27)28)19(26)16-11-8-7-9-12-16/h7-9,11-12,17,22H,4-6,10,13-15H2,1-3H3,(H,24,25)(H,27,28). The smallest absolute Gasteiger partial charge is 0.414 e. The fourth-order valence-corrected chi connectivity index (χ4v) is 3.70. The highest BCUT2D eigenvalue weighted by atomic mass is 16.4. The zero-order chi connectivity index (χ0) is 21.2. The molecule has 0 fully saturated rings. The van der Waals surface area contributed by atoms with Crippen LogP contribution in [0.15, 0.2) is 30.3 Å². The quantitative estimate of drug-likeness (QED) is 0.499. The molecule has 1 rings (SSSR count). The molecule has 7 heteroatoms. The van der Waals surface area contributed by atoms with Gasteiger partial charge in [-0.05, 0) is 36.8 Å². The van der Waals surface area contributed by atoms with Crippen molar-refractivity contribution in [1.82, 2.24) is 10.2 Å². The number of carbonyl (C=O) groups excluding carboxylic acids is 1. The molecule has 2 amide bonds. The Kier molecular flexibility index (Phi) is 9.65. The van der Waals surface area contributed by atoms with Crippen molar-refractivity contribution in [3.8, 4) is 0 Å². The maximum atomic E-state index is 12.5. The lowest BCUT2D eigenvalue weighted by molar-refractivity contribution is -0.140. The molecule has 0 heterocycles. The van der Waals surface area contributed by atoms with Crippen molar-refractivity contribution < 1.29 is 24.6 Å². The van der Waals surface area contributed by atoms with Gasteiger partial charge in [-0.2, -0.15) is 0 Å². The molecule has 0 aromatic heterocycles. The average molecular weight is 392 g/mol. The minimum Gasteiger partial charge on any atom is -0.481 e. The second-order valence-corrected chi connectivity index (χ2v) is 7.04. The van der Waals surface area contributed by atoms with Crippen LogP contribution in [0.25, 0.3) is 0 Å². The van der Waals surface area contributed by atoms with Crippen LogP contribution in [0.1, 0.15) is 63.2 Å². The van der Waals surface area contributed by atoms with Gasteiger partial charge in [0.05, 0.1) is 6.42 Å². The lowest BCUT2D eigenvalue weighted by Crippen LogP contribution is -2.49. The first-order chi connectivity index (χ1) is 13.3. The molecule has 28 heavy (non-hydrogen) atoms.